The summed E-state index contributed by atoms with van der Waals surface area (Å²) in [5.41, 5.74) is 2.28. The first-order valence-electron chi connectivity index (χ1n) is 8.17. The van der Waals surface area contributed by atoms with Crippen molar-refractivity contribution in [3.05, 3.63) is 28.3 Å². The van der Waals surface area contributed by atoms with Gasteiger partial charge in [-0.3, -0.25) is 0 Å². The molecule has 1 fully saturated rings. The fourth-order valence-electron chi connectivity index (χ4n) is 2.50. The maximum absolute atomic E-state index is 6.31. The Bertz CT molecular complexity index is 469. The van der Waals surface area contributed by atoms with Gasteiger partial charge >= 0.3 is 0 Å². The lowest BCUT2D eigenvalue weighted by atomic mass is 10.0. The quantitative estimate of drug-likeness (QED) is 0.677. The molecule has 0 amide bonds. The van der Waals surface area contributed by atoms with Crippen molar-refractivity contribution in [1.29, 1.82) is 0 Å². The van der Waals surface area contributed by atoms with Crippen LogP contribution in [0.25, 0.3) is 0 Å². The Balaban J connectivity index is 1.86. The van der Waals surface area contributed by atoms with Gasteiger partial charge in [-0.1, -0.05) is 25.4 Å². The fourth-order valence-corrected chi connectivity index (χ4v) is 2.93. The summed E-state index contributed by atoms with van der Waals surface area (Å²) in [7, 11) is 0. The third-order valence-electron chi connectivity index (χ3n) is 4.04. The molecule has 1 aromatic carbocycles. The zero-order valence-corrected chi connectivity index (χ0v) is 14.5. The van der Waals surface area contributed by atoms with Crippen LogP contribution in [0.4, 0.5) is 0 Å². The van der Waals surface area contributed by atoms with E-state index < -0.39 is 0 Å². The third-order valence-corrected chi connectivity index (χ3v) is 4.37. The number of nitrogens with one attached hydrogen (secondary N) is 1. The molecule has 0 bridgehead atoms. The van der Waals surface area contributed by atoms with E-state index >= 15 is 0 Å². The first kappa shape index (κ1) is 16.6. The average Bonchev–Trinajstić information content (AvgIpc) is 3.21. The number of benzene rings is 1. The molecule has 1 unspecified atom stereocenters. The maximum Gasteiger partial charge on any atom is 0.122 e. The number of aryl methyl sites for hydroxylation is 1. The number of halogens is 1. The molecule has 1 atom stereocenters. The van der Waals surface area contributed by atoms with E-state index in [2.05, 4.69) is 39.1 Å². The smallest absolute Gasteiger partial charge is 0.122 e. The van der Waals surface area contributed by atoms with Crippen LogP contribution in [0.15, 0.2) is 12.1 Å². The van der Waals surface area contributed by atoms with Gasteiger partial charge in [0.05, 0.1) is 6.10 Å². The summed E-state index contributed by atoms with van der Waals surface area (Å²) >= 11 is 6.31. The molecule has 0 spiro atoms. The van der Waals surface area contributed by atoms with Gasteiger partial charge in [-0.05, 0) is 75.3 Å². The Morgan fingerprint density at radius 3 is 2.62 bits per heavy atom. The zero-order valence-electron chi connectivity index (χ0n) is 13.7. The zero-order chi connectivity index (χ0) is 15.4. The van der Waals surface area contributed by atoms with Crippen LogP contribution >= 0.6 is 11.6 Å². The molecule has 1 saturated carbocycles. The van der Waals surface area contributed by atoms with Crippen LogP contribution in [0, 0.1) is 6.92 Å². The minimum atomic E-state index is 0.242. The molecule has 1 N–H and O–H groups in total. The third kappa shape index (κ3) is 5.19. The Morgan fingerprint density at radius 2 is 2.00 bits per heavy atom. The predicted octanol–water partition coefficient (Wildman–Crippen LogP) is 5.07. The van der Waals surface area contributed by atoms with Crippen LogP contribution in [0.2, 0.25) is 5.02 Å². The van der Waals surface area contributed by atoms with Gasteiger partial charge in [-0.25, -0.2) is 0 Å². The Kier molecular flexibility index (Phi) is 5.95. The molecule has 0 aliphatic heterocycles. The van der Waals surface area contributed by atoms with Crippen molar-refractivity contribution in [1.82, 2.24) is 5.32 Å². The number of rotatable bonds is 8. The van der Waals surface area contributed by atoms with Crippen molar-refractivity contribution < 1.29 is 4.74 Å². The summed E-state index contributed by atoms with van der Waals surface area (Å²) in [5, 5.41) is 4.39. The van der Waals surface area contributed by atoms with Crippen molar-refractivity contribution in [2.24, 2.45) is 0 Å². The summed E-state index contributed by atoms with van der Waals surface area (Å²) in [4.78, 5) is 0. The number of hydrogen-bond acceptors (Lipinski definition) is 2. The maximum atomic E-state index is 6.31. The predicted molar refractivity (Wildman–Crippen MR) is 90.6 cm³/mol. The Labute approximate surface area is 134 Å². The first-order valence-corrected chi connectivity index (χ1v) is 8.55. The second kappa shape index (κ2) is 7.51. The highest BCUT2D eigenvalue weighted by molar-refractivity contribution is 6.31. The number of ether oxygens (including phenoxy) is 1. The second-order valence-electron chi connectivity index (χ2n) is 6.59. The second-order valence-corrected chi connectivity index (χ2v) is 7.00. The van der Waals surface area contributed by atoms with Gasteiger partial charge in [0.1, 0.15) is 5.75 Å². The molecule has 0 radical (unpaired) electrons. The summed E-state index contributed by atoms with van der Waals surface area (Å²) < 4.78 is 6.13. The standard InChI is InChI=1S/C18H28ClNO/c1-12(2)16-11-18(13(3)10-17(16)19)21-14(4)6-5-9-20-15-7-8-15/h10-12,14-15,20H,5-9H2,1-4H3. The molecule has 3 heteroatoms. The number of hydrogen-bond donors (Lipinski definition) is 1. The van der Waals surface area contributed by atoms with Crippen LogP contribution in [0.1, 0.15) is 63.5 Å². The average molecular weight is 310 g/mol. The van der Waals surface area contributed by atoms with E-state index in [1.54, 1.807) is 0 Å². The highest BCUT2D eigenvalue weighted by Crippen LogP contribution is 2.32. The van der Waals surface area contributed by atoms with E-state index in [1.165, 1.54) is 24.8 Å². The van der Waals surface area contributed by atoms with Gasteiger partial charge < -0.3 is 10.1 Å². The highest BCUT2D eigenvalue weighted by Gasteiger charge is 2.19. The summed E-state index contributed by atoms with van der Waals surface area (Å²) in [6.45, 7) is 9.64. The topological polar surface area (TPSA) is 21.3 Å². The van der Waals surface area contributed by atoms with Gasteiger partial charge in [0, 0.05) is 11.1 Å². The van der Waals surface area contributed by atoms with Gasteiger partial charge in [-0.2, -0.15) is 0 Å². The van der Waals surface area contributed by atoms with E-state index in [9.17, 15) is 0 Å². The molecule has 0 heterocycles. The molecule has 21 heavy (non-hydrogen) atoms. The SMILES string of the molecule is Cc1cc(Cl)c(C(C)C)cc1OC(C)CCCNC1CC1. The van der Waals surface area contributed by atoms with E-state index in [0.29, 0.717) is 5.92 Å². The van der Waals surface area contributed by atoms with E-state index in [-0.39, 0.29) is 6.10 Å². The van der Waals surface area contributed by atoms with Gasteiger partial charge in [0.25, 0.3) is 0 Å². The van der Waals surface area contributed by atoms with Crippen LogP contribution in [0.3, 0.4) is 0 Å². The summed E-state index contributed by atoms with van der Waals surface area (Å²) in [6, 6.07) is 4.93. The summed E-state index contributed by atoms with van der Waals surface area (Å²) in [5.74, 6) is 1.39. The van der Waals surface area contributed by atoms with Crippen molar-refractivity contribution >= 4 is 11.6 Å². The van der Waals surface area contributed by atoms with Gasteiger partial charge in [-0.15, -0.1) is 0 Å². The first-order chi connectivity index (χ1) is 9.97. The summed E-state index contributed by atoms with van der Waals surface area (Å²) in [6.07, 6.45) is 5.20. The van der Waals surface area contributed by atoms with Crippen LogP contribution < -0.4 is 10.1 Å². The molecule has 0 saturated heterocycles. The van der Waals surface area contributed by atoms with Crippen LogP contribution in [0.5, 0.6) is 5.75 Å². The Morgan fingerprint density at radius 1 is 1.29 bits per heavy atom. The van der Waals surface area contributed by atoms with Crippen molar-refractivity contribution in [3.63, 3.8) is 0 Å². The highest BCUT2D eigenvalue weighted by atomic mass is 35.5. The van der Waals surface area contributed by atoms with Crippen molar-refractivity contribution in [2.45, 2.75) is 71.4 Å². The fraction of sp³-hybridized carbons (Fsp3) is 0.667. The molecule has 1 aromatic rings. The lowest BCUT2D eigenvalue weighted by molar-refractivity contribution is 0.206. The lowest BCUT2D eigenvalue weighted by Crippen LogP contribution is -2.20. The van der Waals surface area contributed by atoms with Crippen LogP contribution in [-0.4, -0.2) is 18.7 Å². The van der Waals surface area contributed by atoms with Crippen molar-refractivity contribution in [3.8, 4) is 5.75 Å². The van der Waals surface area contributed by atoms with Gasteiger partial charge in [0.15, 0.2) is 0 Å². The largest absolute Gasteiger partial charge is 0.490 e. The molecule has 1 aliphatic rings. The van der Waals surface area contributed by atoms with E-state index in [0.717, 1.165) is 35.3 Å². The molecular weight excluding hydrogens is 282 g/mol. The van der Waals surface area contributed by atoms with Gasteiger partial charge in [0.2, 0.25) is 0 Å². The normalized spacial score (nSPS) is 16.3. The molecule has 0 aromatic heterocycles. The van der Waals surface area contributed by atoms with Crippen LogP contribution in [-0.2, 0) is 0 Å². The lowest BCUT2D eigenvalue weighted by Gasteiger charge is -2.19. The molecule has 1 aliphatic carbocycles. The molecule has 2 rings (SSSR count). The van der Waals surface area contributed by atoms with E-state index in [4.69, 9.17) is 16.3 Å². The Hall–Kier alpha value is -0.730. The minimum Gasteiger partial charge on any atom is -0.490 e. The van der Waals surface area contributed by atoms with E-state index in [1.807, 2.05) is 6.07 Å². The monoisotopic (exact) mass is 309 g/mol. The molecule has 118 valence electrons. The molecular formula is C18H28ClNO. The van der Waals surface area contributed by atoms with Crippen molar-refractivity contribution in [2.75, 3.05) is 6.54 Å². The molecule has 2 nitrogen and oxygen atoms in total. The minimum absolute atomic E-state index is 0.242.